The topological polar surface area (TPSA) is 66.9 Å². The SMILES string of the molecule is O=C(NC(Cc1ccc2c(c1)OCCO2)CN1CCCC1)[C@@H]1CCN(c2ccc3cc(Cl)ccc3n2)C1. The predicted octanol–water partition coefficient (Wildman–Crippen LogP) is 4.31. The minimum absolute atomic E-state index is 0.0470. The lowest BCUT2D eigenvalue weighted by Gasteiger charge is -2.26. The number of carbonyl (C=O) groups excluding carboxylic acids is 1. The molecular formula is C29H33ClN4O3. The molecule has 37 heavy (non-hydrogen) atoms. The summed E-state index contributed by atoms with van der Waals surface area (Å²) < 4.78 is 11.5. The Bertz CT molecular complexity index is 1280. The number of halogens is 1. The van der Waals surface area contributed by atoms with E-state index in [-0.39, 0.29) is 17.9 Å². The first-order chi connectivity index (χ1) is 18.1. The van der Waals surface area contributed by atoms with Crippen molar-refractivity contribution >= 4 is 34.2 Å². The van der Waals surface area contributed by atoms with Crippen LogP contribution in [0.1, 0.15) is 24.8 Å². The van der Waals surface area contributed by atoms with Crippen LogP contribution in [0.15, 0.2) is 48.5 Å². The van der Waals surface area contributed by atoms with Crippen LogP contribution in [-0.4, -0.2) is 67.8 Å². The maximum absolute atomic E-state index is 13.4. The van der Waals surface area contributed by atoms with E-state index < -0.39 is 0 Å². The second-order valence-electron chi connectivity index (χ2n) is 10.3. The van der Waals surface area contributed by atoms with Crippen LogP contribution in [0.4, 0.5) is 5.82 Å². The Hall–Kier alpha value is -3.03. The Morgan fingerprint density at radius 2 is 1.86 bits per heavy atom. The first-order valence-electron chi connectivity index (χ1n) is 13.3. The Labute approximate surface area is 222 Å². The molecule has 0 spiro atoms. The summed E-state index contributed by atoms with van der Waals surface area (Å²) in [6.45, 7) is 5.73. The van der Waals surface area contributed by atoms with Crippen LogP contribution in [0, 0.1) is 5.92 Å². The highest BCUT2D eigenvalue weighted by atomic mass is 35.5. The van der Waals surface area contributed by atoms with Gasteiger partial charge >= 0.3 is 0 Å². The van der Waals surface area contributed by atoms with Gasteiger partial charge in [-0.15, -0.1) is 0 Å². The highest BCUT2D eigenvalue weighted by molar-refractivity contribution is 6.31. The molecule has 7 nitrogen and oxygen atoms in total. The zero-order valence-electron chi connectivity index (χ0n) is 21.0. The monoisotopic (exact) mass is 520 g/mol. The van der Waals surface area contributed by atoms with E-state index in [0.29, 0.717) is 24.8 Å². The van der Waals surface area contributed by atoms with Crippen molar-refractivity contribution in [1.29, 1.82) is 0 Å². The van der Waals surface area contributed by atoms with Gasteiger partial charge in [0.1, 0.15) is 19.0 Å². The molecule has 2 fully saturated rings. The Kier molecular flexibility index (Phi) is 7.07. The minimum atomic E-state index is -0.0518. The minimum Gasteiger partial charge on any atom is -0.486 e. The Morgan fingerprint density at radius 1 is 1.03 bits per heavy atom. The van der Waals surface area contributed by atoms with Crippen LogP contribution in [0.5, 0.6) is 11.5 Å². The van der Waals surface area contributed by atoms with Gasteiger partial charge in [0.2, 0.25) is 5.91 Å². The van der Waals surface area contributed by atoms with Crippen molar-refractivity contribution in [1.82, 2.24) is 15.2 Å². The Morgan fingerprint density at radius 3 is 2.73 bits per heavy atom. The fourth-order valence-electron chi connectivity index (χ4n) is 5.70. The van der Waals surface area contributed by atoms with Gasteiger partial charge in [0.15, 0.2) is 11.5 Å². The molecule has 2 aromatic carbocycles. The van der Waals surface area contributed by atoms with Crippen molar-refractivity contribution in [3.05, 3.63) is 59.1 Å². The van der Waals surface area contributed by atoms with Gasteiger partial charge in [0, 0.05) is 36.1 Å². The van der Waals surface area contributed by atoms with Gasteiger partial charge in [-0.3, -0.25) is 4.79 Å². The van der Waals surface area contributed by atoms with Gasteiger partial charge < -0.3 is 24.6 Å². The quantitative estimate of drug-likeness (QED) is 0.501. The van der Waals surface area contributed by atoms with Gasteiger partial charge in [0.25, 0.3) is 0 Å². The Balaban J connectivity index is 1.12. The molecular weight excluding hydrogens is 488 g/mol. The van der Waals surface area contributed by atoms with Crippen molar-refractivity contribution in [3.8, 4) is 11.5 Å². The summed E-state index contributed by atoms with van der Waals surface area (Å²) in [7, 11) is 0. The van der Waals surface area contributed by atoms with Crippen LogP contribution >= 0.6 is 11.6 Å². The van der Waals surface area contributed by atoms with Gasteiger partial charge in [-0.1, -0.05) is 17.7 Å². The first kappa shape index (κ1) is 24.3. The number of amides is 1. The molecule has 3 aliphatic heterocycles. The molecule has 3 aromatic rings. The average molecular weight is 521 g/mol. The zero-order chi connectivity index (χ0) is 25.2. The normalized spacial score (nSPS) is 20.4. The predicted molar refractivity (Wildman–Crippen MR) is 146 cm³/mol. The third kappa shape index (κ3) is 5.63. The summed E-state index contributed by atoms with van der Waals surface area (Å²) in [5.74, 6) is 2.59. The van der Waals surface area contributed by atoms with Crippen LogP contribution in [-0.2, 0) is 11.2 Å². The molecule has 1 amide bonds. The molecule has 4 heterocycles. The average Bonchev–Trinajstić information content (AvgIpc) is 3.61. The fourth-order valence-corrected chi connectivity index (χ4v) is 5.88. The van der Waals surface area contributed by atoms with E-state index in [4.69, 9.17) is 26.1 Å². The molecule has 3 aliphatic rings. The van der Waals surface area contributed by atoms with E-state index in [2.05, 4.69) is 33.3 Å². The first-order valence-corrected chi connectivity index (χ1v) is 13.7. The molecule has 0 radical (unpaired) electrons. The van der Waals surface area contributed by atoms with Crippen molar-refractivity contribution in [3.63, 3.8) is 0 Å². The van der Waals surface area contributed by atoms with E-state index in [0.717, 1.165) is 72.8 Å². The van der Waals surface area contributed by atoms with E-state index >= 15 is 0 Å². The molecule has 0 bridgehead atoms. The molecule has 1 unspecified atom stereocenters. The number of rotatable bonds is 7. The number of pyridine rings is 1. The number of likely N-dealkylation sites (tertiary alicyclic amines) is 1. The maximum atomic E-state index is 13.4. The molecule has 194 valence electrons. The lowest BCUT2D eigenvalue weighted by atomic mass is 10.0. The van der Waals surface area contributed by atoms with Gasteiger partial charge in [-0.25, -0.2) is 4.98 Å². The van der Waals surface area contributed by atoms with E-state index in [1.54, 1.807) is 0 Å². The van der Waals surface area contributed by atoms with E-state index in [1.165, 1.54) is 12.8 Å². The summed E-state index contributed by atoms with van der Waals surface area (Å²) in [6, 6.07) is 16.0. The summed E-state index contributed by atoms with van der Waals surface area (Å²) >= 11 is 6.12. The second kappa shape index (κ2) is 10.8. The number of carbonyl (C=O) groups is 1. The number of ether oxygens (including phenoxy) is 2. The molecule has 8 heteroatoms. The smallest absolute Gasteiger partial charge is 0.225 e. The van der Waals surface area contributed by atoms with Crippen molar-refractivity contribution < 1.29 is 14.3 Å². The summed E-state index contributed by atoms with van der Waals surface area (Å²) in [5.41, 5.74) is 2.07. The third-order valence-electron chi connectivity index (χ3n) is 7.63. The number of nitrogens with zero attached hydrogens (tertiary/aromatic N) is 3. The molecule has 1 N–H and O–H groups in total. The van der Waals surface area contributed by atoms with E-state index in [9.17, 15) is 4.79 Å². The van der Waals surface area contributed by atoms with Crippen LogP contribution in [0.3, 0.4) is 0 Å². The molecule has 6 rings (SSSR count). The molecule has 0 saturated carbocycles. The van der Waals surface area contributed by atoms with Gasteiger partial charge in [-0.2, -0.15) is 0 Å². The lowest BCUT2D eigenvalue weighted by molar-refractivity contribution is -0.125. The number of hydrogen-bond donors (Lipinski definition) is 1. The second-order valence-corrected chi connectivity index (χ2v) is 10.8. The van der Waals surface area contributed by atoms with Crippen molar-refractivity contribution in [2.24, 2.45) is 5.92 Å². The van der Waals surface area contributed by atoms with Crippen molar-refractivity contribution in [2.75, 3.05) is 50.8 Å². The highest BCUT2D eigenvalue weighted by Gasteiger charge is 2.31. The maximum Gasteiger partial charge on any atom is 0.225 e. The van der Waals surface area contributed by atoms with Crippen LogP contribution < -0.4 is 19.7 Å². The van der Waals surface area contributed by atoms with Crippen LogP contribution in [0.2, 0.25) is 5.02 Å². The number of fused-ring (bicyclic) bond motifs is 2. The highest BCUT2D eigenvalue weighted by Crippen LogP contribution is 2.31. The zero-order valence-corrected chi connectivity index (χ0v) is 21.8. The number of aromatic nitrogens is 1. The van der Waals surface area contributed by atoms with Crippen molar-refractivity contribution in [2.45, 2.75) is 31.7 Å². The third-order valence-corrected chi connectivity index (χ3v) is 7.87. The largest absolute Gasteiger partial charge is 0.486 e. The summed E-state index contributed by atoms with van der Waals surface area (Å²) in [4.78, 5) is 22.9. The molecule has 0 aliphatic carbocycles. The number of nitrogens with one attached hydrogen (secondary N) is 1. The molecule has 2 saturated heterocycles. The standard InChI is InChI=1S/C29H33ClN4O3/c30-23-5-6-25-21(17-23)4-8-28(32-25)34-12-9-22(18-34)29(35)31-24(19-33-10-1-2-11-33)15-20-3-7-26-27(16-20)37-14-13-36-26/h3-8,16-17,22,24H,1-2,9-15,18-19H2,(H,31,35)/t22-,24?/m1/s1. The van der Waals surface area contributed by atoms with Gasteiger partial charge in [0.05, 0.1) is 11.4 Å². The lowest BCUT2D eigenvalue weighted by Crippen LogP contribution is -2.46. The van der Waals surface area contributed by atoms with Crippen LogP contribution in [0.25, 0.3) is 10.9 Å². The van der Waals surface area contributed by atoms with E-state index in [1.807, 2.05) is 30.3 Å². The number of anilines is 1. The number of hydrogen-bond acceptors (Lipinski definition) is 6. The molecule has 1 aromatic heterocycles. The summed E-state index contributed by atoms with van der Waals surface area (Å²) in [6.07, 6.45) is 4.05. The summed E-state index contributed by atoms with van der Waals surface area (Å²) in [5, 5.41) is 5.14. The number of benzene rings is 2. The fraction of sp³-hybridized carbons (Fsp3) is 0.448. The van der Waals surface area contributed by atoms with Gasteiger partial charge in [-0.05, 0) is 86.8 Å². The molecule has 2 atom stereocenters.